The number of rotatable bonds is 5. The lowest BCUT2D eigenvalue weighted by molar-refractivity contribution is -0.139. The third kappa shape index (κ3) is 7.11. The number of nitrogens with zero attached hydrogens (tertiary/aromatic N) is 1. The predicted molar refractivity (Wildman–Crippen MR) is 65.7 cm³/mol. The van der Waals surface area contributed by atoms with E-state index in [2.05, 4.69) is 5.32 Å². The molecule has 0 aromatic carbocycles. The molecule has 0 unspecified atom stereocenters. The molecule has 104 valence electrons. The van der Waals surface area contributed by atoms with Crippen LogP contribution in [0.25, 0.3) is 0 Å². The summed E-state index contributed by atoms with van der Waals surface area (Å²) in [5, 5.41) is 3.24. The molecule has 1 aliphatic rings. The molecule has 1 heterocycles. The Bertz CT molecular complexity index is 194. The van der Waals surface area contributed by atoms with E-state index in [1.54, 1.807) is 0 Å². The lowest BCUT2D eigenvalue weighted by atomic mass is 10.0. The highest BCUT2D eigenvalue weighted by molar-refractivity contribution is 5.85. The average molecular weight is 275 g/mol. The summed E-state index contributed by atoms with van der Waals surface area (Å²) in [7, 11) is 0. The fourth-order valence-corrected chi connectivity index (χ4v) is 2.21. The maximum Gasteiger partial charge on any atom is 0.390 e. The van der Waals surface area contributed by atoms with Crippen LogP contribution in [0.4, 0.5) is 13.2 Å². The summed E-state index contributed by atoms with van der Waals surface area (Å²) in [6.07, 6.45) is -1.85. The summed E-state index contributed by atoms with van der Waals surface area (Å²) in [5.41, 5.74) is 0. The molecular formula is C11H22ClF3N2. The SMILES string of the molecule is CCCN(CCC(F)(F)F)C1CCNCC1.Cl. The van der Waals surface area contributed by atoms with Gasteiger partial charge in [0.1, 0.15) is 0 Å². The molecule has 0 atom stereocenters. The lowest BCUT2D eigenvalue weighted by Crippen LogP contribution is -2.44. The van der Waals surface area contributed by atoms with Crippen LogP contribution in [0.15, 0.2) is 0 Å². The Labute approximate surface area is 107 Å². The van der Waals surface area contributed by atoms with Gasteiger partial charge in [0.25, 0.3) is 0 Å². The van der Waals surface area contributed by atoms with Crippen LogP contribution in [-0.4, -0.2) is 43.3 Å². The summed E-state index contributed by atoms with van der Waals surface area (Å²) in [4.78, 5) is 2.01. The van der Waals surface area contributed by atoms with Crippen molar-refractivity contribution < 1.29 is 13.2 Å². The second-order valence-corrected chi connectivity index (χ2v) is 4.38. The van der Waals surface area contributed by atoms with E-state index in [9.17, 15) is 13.2 Å². The van der Waals surface area contributed by atoms with E-state index in [1.807, 2.05) is 11.8 Å². The van der Waals surface area contributed by atoms with Gasteiger partial charge in [-0.25, -0.2) is 0 Å². The van der Waals surface area contributed by atoms with Gasteiger partial charge in [0.05, 0.1) is 6.42 Å². The van der Waals surface area contributed by atoms with Crippen LogP contribution in [0, 0.1) is 0 Å². The number of piperidine rings is 1. The fraction of sp³-hybridized carbons (Fsp3) is 1.00. The summed E-state index contributed by atoms with van der Waals surface area (Å²) >= 11 is 0. The monoisotopic (exact) mass is 274 g/mol. The van der Waals surface area contributed by atoms with Crippen LogP contribution in [0.2, 0.25) is 0 Å². The highest BCUT2D eigenvalue weighted by Gasteiger charge is 2.29. The molecule has 1 fully saturated rings. The lowest BCUT2D eigenvalue weighted by Gasteiger charge is -2.34. The fourth-order valence-electron chi connectivity index (χ4n) is 2.21. The second-order valence-electron chi connectivity index (χ2n) is 4.38. The largest absolute Gasteiger partial charge is 0.390 e. The first-order chi connectivity index (χ1) is 7.53. The maximum atomic E-state index is 12.2. The molecule has 0 saturated carbocycles. The van der Waals surface area contributed by atoms with Gasteiger partial charge in [-0.1, -0.05) is 6.92 Å². The highest BCUT2D eigenvalue weighted by atomic mass is 35.5. The van der Waals surface area contributed by atoms with Crippen molar-refractivity contribution in [1.82, 2.24) is 10.2 Å². The van der Waals surface area contributed by atoms with E-state index in [1.165, 1.54) is 0 Å². The Hall–Kier alpha value is 0. The number of hydrogen-bond donors (Lipinski definition) is 1. The molecule has 0 amide bonds. The first-order valence-electron chi connectivity index (χ1n) is 6.04. The first kappa shape index (κ1) is 17.0. The minimum Gasteiger partial charge on any atom is -0.317 e. The summed E-state index contributed by atoms with van der Waals surface area (Å²) < 4.78 is 36.6. The molecule has 0 bridgehead atoms. The molecule has 1 rings (SSSR count). The number of alkyl halides is 3. The Morgan fingerprint density at radius 2 is 1.76 bits per heavy atom. The molecule has 1 aliphatic heterocycles. The molecule has 0 aromatic rings. The Morgan fingerprint density at radius 1 is 1.18 bits per heavy atom. The van der Waals surface area contributed by atoms with Crippen molar-refractivity contribution in [1.29, 1.82) is 0 Å². The van der Waals surface area contributed by atoms with Crippen molar-refractivity contribution in [3.05, 3.63) is 0 Å². The number of nitrogens with one attached hydrogen (secondary N) is 1. The summed E-state index contributed by atoms with van der Waals surface area (Å²) in [6.45, 7) is 4.80. The maximum absolute atomic E-state index is 12.2. The van der Waals surface area contributed by atoms with Gasteiger partial charge in [0, 0.05) is 12.6 Å². The second kappa shape index (κ2) is 8.16. The third-order valence-electron chi connectivity index (χ3n) is 3.02. The van der Waals surface area contributed by atoms with Gasteiger partial charge >= 0.3 is 6.18 Å². The van der Waals surface area contributed by atoms with Crippen LogP contribution in [0.5, 0.6) is 0 Å². The zero-order chi connectivity index (χ0) is 12.0. The van der Waals surface area contributed by atoms with Crippen LogP contribution in [0.3, 0.4) is 0 Å². The van der Waals surface area contributed by atoms with E-state index >= 15 is 0 Å². The van der Waals surface area contributed by atoms with Crippen molar-refractivity contribution in [3.63, 3.8) is 0 Å². The molecule has 6 heteroatoms. The van der Waals surface area contributed by atoms with Crippen LogP contribution in [-0.2, 0) is 0 Å². The summed E-state index contributed by atoms with van der Waals surface area (Å²) in [5.74, 6) is 0. The molecule has 0 aliphatic carbocycles. The zero-order valence-corrected chi connectivity index (χ0v) is 11.0. The highest BCUT2D eigenvalue weighted by Crippen LogP contribution is 2.22. The van der Waals surface area contributed by atoms with Gasteiger partial charge < -0.3 is 5.32 Å². The molecular weight excluding hydrogens is 253 g/mol. The molecule has 1 N–H and O–H groups in total. The van der Waals surface area contributed by atoms with Crippen molar-refractivity contribution in [2.45, 2.75) is 44.8 Å². The first-order valence-corrected chi connectivity index (χ1v) is 6.04. The van der Waals surface area contributed by atoms with Crippen molar-refractivity contribution in [2.75, 3.05) is 26.2 Å². The van der Waals surface area contributed by atoms with Crippen molar-refractivity contribution >= 4 is 12.4 Å². The minimum absolute atomic E-state index is 0. The predicted octanol–water partition coefficient (Wildman–Crippen LogP) is 2.82. The average Bonchev–Trinajstić information content (AvgIpc) is 2.24. The Balaban J connectivity index is 0.00000256. The molecule has 0 aromatic heterocycles. The van der Waals surface area contributed by atoms with Crippen LogP contribution < -0.4 is 5.32 Å². The van der Waals surface area contributed by atoms with E-state index in [4.69, 9.17) is 0 Å². The van der Waals surface area contributed by atoms with Crippen LogP contribution >= 0.6 is 12.4 Å². The van der Waals surface area contributed by atoms with Gasteiger partial charge in [-0.2, -0.15) is 13.2 Å². The topological polar surface area (TPSA) is 15.3 Å². The smallest absolute Gasteiger partial charge is 0.317 e. The van der Waals surface area contributed by atoms with Gasteiger partial charge in [-0.05, 0) is 38.9 Å². The van der Waals surface area contributed by atoms with Crippen molar-refractivity contribution in [2.24, 2.45) is 0 Å². The van der Waals surface area contributed by atoms with Crippen LogP contribution in [0.1, 0.15) is 32.6 Å². The van der Waals surface area contributed by atoms with E-state index in [0.717, 1.165) is 38.9 Å². The quantitative estimate of drug-likeness (QED) is 0.829. The van der Waals surface area contributed by atoms with E-state index in [0.29, 0.717) is 6.04 Å². The zero-order valence-electron chi connectivity index (χ0n) is 10.2. The van der Waals surface area contributed by atoms with Gasteiger partial charge in [0.15, 0.2) is 0 Å². The molecule has 2 nitrogen and oxygen atoms in total. The van der Waals surface area contributed by atoms with Gasteiger partial charge in [0.2, 0.25) is 0 Å². The normalized spacial score (nSPS) is 18.2. The van der Waals surface area contributed by atoms with E-state index < -0.39 is 12.6 Å². The standard InChI is InChI=1S/C11H21F3N2.ClH/c1-2-8-16(9-5-11(12,13)14)10-3-6-15-7-4-10;/h10,15H,2-9H2,1H3;1H. The molecule has 1 saturated heterocycles. The Kier molecular flexibility index (Phi) is 8.16. The van der Waals surface area contributed by atoms with Gasteiger partial charge in [-0.15, -0.1) is 12.4 Å². The van der Waals surface area contributed by atoms with Crippen molar-refractivity contribution in [3.8, 4) is 0 Å². The van der Waals surface area contributed by atoms with E-state index in [-0.39, 0.29) is 19.0 Å². The van der Waals surface area contributed by atoms with Gasteiger partial charge in [-0.3, -0.25) is 4.90 Å². The minimum atomic E-state index is -4.03. The molecule has 0 spiro atoms. The molecule has 0 radical (unpaired) electrons. The summed E-state index contributed by atoms with van der Waals surface area (Å²) in [6, 6.07) is 0.337. The number of hydrogen-bond acceptors (Lipinski definition) is 2. The molecule has 17 heavy (non-hydrogen) atoms. The number of halogens is 4. The third-order valence-corrected chi connectivity index (χ3v) is 3.02. The Morgan fingerprint density at radius 3 is 2.24 bits per heavy atom.